The minimum atomic E-state index is -4.29. The van der Waals surface area contributed by atoms with Gasteiger partial charge in [-0.2, -0.15) is 13.2 Å². The highest BCUT2D eigenvalue weighted by atomic mass is 19.4. The van der Waals surface area contributed by atoms with Crippen LogP contribution < -0.4 is 15.1 Å². The molecule has 1 amide bonds. The van der Waals surface area contributed by atoms with Crippen LogP contribution in [0.1, 0.15) is 31.2 Å². The summed E-state index contributed by atoms with van der Waals surface area (Å²) < 4.78 is 51.5. The first kappa shape index (κ1) is 25.1. The Hall–Kier alpha value is -2.89. The van der Waals surface area contributed by atoms with Gasteiger partial charge >= 0.3 is 6.18 Å². The van der Waals surface area contributed by atoms with E-state index in [0.29, 0.717) is 37.9 Å². The highest BCUT2D eigenvalue weighted by Gasteiger charge is 2.47. The maximum absolute atomic E-state index is 14.3. The van der Waals surface area contributed by atoms with Crippen molar-refractivity contribution in [2.24, 2.45) is 5.92 Å². The number of rotatable bonds is 3. The molecule has 0 spiro atoms. The molecule has 5 fully saturated rings. The van der Waals surface area contributed by atoms with E-state index < -0.39 is 24.8 Å². The number of benzene rings is 1. The number of nitrogens with one attached hydrogen (secondary N) is 1. The number of piperidine rings is 2. The number of fused-ring (bicyclic) bond motifs is 7. The maximum Gasteiger partial charge on any atom is 0.401 e. The van der Waals surface area contributed by atoms with Gasteiger partial charge in [0.05, 0.1) is 56.4 Å². The molecule has 5 atom stereocenters. The van der Waals surface area contributed by atoms with Crippen LogP contribution in [0, 0.1) is 5.92 Å². The lowest BCUT2D eigenvalue weighted by molar-refractivity contribution is -0.184. The second kappa shape index (κ2) is 9.64. The molecule has 4 bridgehead atoms. The number of amides is 1. The Morgan fingerprint density at radius 2 is 1.90 bits per heavy atom. The number of aromatic nitrogens is 1. The van der Waals surface area contributed by atoms with Crippen LogP contribution in [-0.4, -0.2) is 79.1 Å². The van der Waals surface area contributed by atoms with E-state index in [1.54, 1.807) is 6.20 Å². The Morgan fingerprint density at radius 1 is 1.08 bits per heavy atom. The van der Waals surface area contributed by atoms with Gasteiger partial charge in [-0.1, -0.05) is 6.07 Å². The van der Waals surface area contributed by atoms with Crippen LogP contribution >= 0.6 is 0 Å². The minimum Gasteiger partial charge on any atom is -0.378 e. The van der Waals surface area contributed by atoms with E-state index in [-0.39, 0.29) is 31.1 Å². The van der Waals surface area contributed by atoms with Crippen molar-refractivity contribution in [3.05, 3.63) is 42.1 Å². The number of alkyl halides is 3. The third kappa shape index (κ3) is 4.74. The zero-order valence-electron chi connectivity index (χ0n) is 21.6. The molecule has 1 aromatic heterocycles. The van der Waals surface area contributed by atoms with Crippen molar-refractivity contribution in [3.8, 4) is 0 Å². The second-order valence-electron chi connectivity index (χ2n) is 11.4. The van der Waals surface area contributed by atoms with Gasteiger partial charge in [0.25, 0.3) is 0 Å². The SMILES string of the molecule is O=C(C1C[C@H]2COC[C@@H](C1)N2CC(F)(F)F)N1Cc2cccnc2Nc2ccc(N3C[C@@H]4CC[C@@H]3CO4)cc21. The summed E-state index contributed by atoms with van der Waals surface area (Å²) in [5, 5.41) is 3.43. The molecule has 1 aromatic carbocycles. The van der Waals surface area contributed by atoms with Gasteiger partial charge < -0.3 is 24.6 Å². The summed E-state index contributed by atoms with van der Waals surface area (Å²) in [4.78, 5) is 24.5. The largest absolute Gasteiger partial charge is 0.401 e. The van der Waals surface area contributed by atoms with Gasteiger partial charge in [0, 0.05) is 42.0 Å². The summed E-state index contributed by atoms with van der Waals surface area (Å²) in [6, 6.07) is 9.43. The Balaban J connectivity index is 1.21. The highest BCUT2D eigenvalue weighted by molar-refractivity contribution is 6.00. The van der Waals surface area contributed by atoms with E-state index in [1.807, 2.05) is 23.1 Å². The van der Waals surface area contributed by atoms with Crippen LogP contribution in [0.15, 0.2) is 36.5 Å². The van der Waals surface area contributed by atoms with Gasteiger partial charge in [-0.15, -0.1) is 0 Å². The minimum absolute atomic E-state index is 0.0565. The number of halogens is 3. The van der Waals surface area contributed by atoms with Crippen molar-refractivity contribution in [2.75, 3.05) is 48.0 Å². The summed E-state index contributed by atoms with van der Waals surface area (Å²) in [5.74, 6) is 0.263. The van der Waals surface area contributed by atoms with Gasteiger partial charge in [0.2, 0.25) is 5.91 Å². The molecule has 7 heterocycles. The summed E-state index contributed by atoms with van der Waals surface area (Å²) in [6.07, 6.45) is 0.500. The Labute approximate surface area is 225 Å². The van der Waals surface area contributed by atoms with Crippen LogP contribution in [0.5, 0.6) is 0 Å². The maximum atomic E-state index is 14.3. The summed E-state index contributed by atoms with van der Waals surface area (Å²) in [7, 11) is 0. The van der Waals surface area contributed by atoms with Gasteiger partial charge in [-0.25, -0.2) is 4.98 Å². The molecule has 208 valence electrons. The molecule has 0 aliphatic carbocycles. The molecule has 1 N–H and O–H groups in total. The van der Waals surface area contributed by atoms with Crippen molar-refractivity contribution >= 4 is 28.8 Å². The molecule has 1 unspecified atom stereocenters. The van der Waals surface area contributed by atoms with E-state index in [9.17, 15) is 18.0 Å². The van der Waals surface area contributed by atoms with Gasteiger partial charge in [0.1, 0.15) is 5.82 Å². The van der Waals surface area contributed by atoms with Gasteiger partial charge in [0.15, 0.2) is 0 Å². The molecule has 8 rings (SSSR count). The summed E-state index contributed by atoms with van der Waals surface area (Å²) >= 11 is 0. The molecule has 0 saturated carbocycles. The monoisotopic (exact) mass is 543 g/mol. The highest BCUT2D eigenvalue weighted by Crippen LogP contribution is 2.42. The molecule has 11 heteroatoms. The molecule has 0 radical (unpaired) electrons. The van der Waals surface area contributed by atoms with Crippen LogP contribution in [0.25, 0.3) is 0 Å². The predicted molar refractivity (Wildman–Crippen MR) is 139 cm³/mol. The Bertz CT molecular complexity index is 1240. The average molecular weight is 544 g/mol. The van der Waals surface area contributed by atoms with E-state index >= 15 is 0 Å². The Morgan fingerprint density at radius 3 is 2.59 bits per heavy atom. The van der Waals surface area contributed by atoms with Crippen molar-refractivity contribution in [1.82, 2.24) is 9.88 Å². The van der Waals surface area contributed by atoms with Crippen molar-refractivity contribution < 1.29 is 27.4 Å². The smallest absolute Gasteiger partial charge is 0.378 e. The molecule has 6 aliphatic rings. The second-order valence-corrected chi connectivity index (χ2v) is 11.4. The number of hydrogen-bond acceptors (Lipinski definition) is 7. The molecule has 5 saturated heterocycles. The predicted octanol–water partition coefficient (Wildman–Crippen LogP) is 4.08. The van der Waals surface area contributed by atoms with Crippen molar-refractivity contribution in [1.29, 1.82) is 0 Å². The molecular formula is C28H32F3N5O3. The topological polar surface area (TPSA) is 70.2 Å². The number of carbonyl (C=O) groups is 1. The van der Waals surface area contributed by atoms with Gasteiger partial charge in [-0.3, -0.25) is 9.69 Å². The van der Waals surface area contributed by atoms with Gasteiger partial charge in [-0.05, 0) is 49.9 Å². The fraction of sp³-hybridized carbons (Fsp3) is 0.571. The number of morpholine rings is 2. The lowest BCUT2D eigenvalue weighted by atomic mass is 9.83. The molecule has 39 heavy (non-hydrogen) atoms. The average Bonchev–Trinajstić information content (AvgIpc) is 3.08. The van der Waals surface area contributed by atoms with E-state index in [2.05, 4.69) is 27.3 Å². The molecule has 2 aromatic rings. The lowest BCUT2D eigenvalue weighted by Gasteiger charge is -2.48. The number of pyridine rings is 1. The quantitative estimate of drug-likeness (QED) is 0.626. The molecule has 8 nitrogen and oxygen atoms in total. The summed E-state index contributed by atoms with van der Waals surface area (Å²) in [5.41, 5.74) is 3.51. The van der Waals surface area contributed by atoms with Crippen molar-refractivity contribution in [3.63, 3.8) is 0 Å². The van der Waals surface area contributed by atoms with E-state index in [4.69, 9.17) is 9.47 Å². The Kier molecular flexibility index (Phi) is 6.20. The number of carbonyl (C=O) groups excluding carboxylic acids is 1. The van der Waals surface area contributed by atoms with Crippen LogP contribution in [0.3, 0.4) is 0 Å². The standard InChI is InChI=1S/C28H32F3N5O3/c29-28(30,31)16-36-21-8-18(9-22(36)14-38-13-21)27(37)35-11-17-2-1-7-32-26(17)33-24-6-4-19(10-25(24)35)34-12-23-5-3-20(34)15-39-23/h1-2,4,6-7,10,18,20-23H,3,5,8-9,11-16H2,(H,32,33)/t18?,20-,21-,22+,23+/m1/s1. The number of anilines is 4. The zero-order chi connectivity index (χ0) is 26.7. The first-order valence-corrected chi connectivity index (χ1v) is 13.8. The number of nitrogens with zero attached hydrogens (tertiary/aromatic N) is 4. The normalized spacial score (nSPS) is 30.3. The first-order chi connectivity index (χ1) is 18.8. The lowest BCUT2D eigenvalue weighted by Crippen LogP contribution is -2.60. The summed E-state index contributed by atoms with van der Waals surface area (Å²) in [6.45, 7) is 1.34. The third-order valence-electron chi connectivity index (χ3n) is 8.91. The van der Waals surface area contributed by atoms with E-state index in [0.717, 1.165) is 42.0 Å². The number of ether oxygens (including phenoxy) is 2. The first-order valence-electron chi connectivity index (χ1n) is 13.8. The third-order valence-corrected chi connectivity index (χ3v) is 8.91. The fourth-order valence-electron chi connectivity index (χ4n) is 7.03. The van der Waals surface area contributed by atoms with Crippen LogP contribution in [-0.2, 0) is 20.8 Å². The van der Waals surface area contributed by atoms with Crippen molar-refractivity contribution in [2.45, 2.75) is 62.6 Å². The number of hydrogen-bond donors (Lipinski definition) is 1. The van der Waals surface area contributed by atoms with E-state index in [1.165, 1.54) is 4.90 Å². The molecular weight excluding hydrogens is 511 g/mol. The fourth-order valence-corrected chi connectivity index (χ4v) is 7.03. The molecule has 6 aliphatic heterocycles. The zero-order valence-corrected chi connectivity index (χ0v) is 21.6. The van der Waals surface area contributed by atoms with Crippen LogP contribution in [0.4, 0.5) is 36.1 Å². The van der Waals surface area contributed by atoms with Crippen LogP contribution in [0.2, 0.25) is 0 Å².